The van der Waals surface area contributed by atoms with E-state index in [1.165, 1.54) is 6.20 Å². The van der Waals surface area contributed by atoms with Crippen LogP contribution in [0.4, 0.5) is 0 Å². The Bertz CT molecular complexity index is 739. The Balaban J connectivity index is 0.00000182. The second kappa shape index (κ2) is 11.5. The molecular weight excluding hydrogens is 438 g/mol. The van der Waals surface area contributed by atoms with Gasteiger partial charge in [-0.2, -0.15) is 0 Å². The Kier molecular flexibility index (Phi) is 10.1. The molecule has 1 aliphatic heterocycles. The van der Waals surface area contributed by atoms with E-state index < -0.39 is 0 Å². The number of rotatable bonds is 6. The number of amides is 1. The smallest absolute Gasteiger partial charge is 0.273 e. The second-order valence-corrected chi connectivity index (χ2v) is 6.45. The van der Waals surface area contributed by atoms with Crippen LogP contribution in [-0.2, 0) is 0 Å². The van der Waals surface area contributed by atoms with E-state index in [2.05, 4.69) is 25.9 Å². The van der Waals surface area contributed by atoms with Crippen molar-refractivity contribution in [2.45, 2.75) is 18.9 Å². The van der Waals surface area contributed by atoms with Gasteiger partial charge in [0.1, 0.15) is 11.6 Å². The maximum absolute atomic E-state index is 12.1. The molecule has 2 N–H and O–H groups in total. The van der Waals surface area contributed by atoms with Gasteiger partial charge in [-0.05, 0) is 32.0 Å². The van der Waals surface area contributed by atoms with Gasteiger partial charge in [-0.3, -0.25) is 4.79 Å². The molecule has 3 rings (SSSR count). The van der Waals surface area contributed by atoms with Crippen LogP contribution in [0, 0.1) is 0 Å². The first-order chi connectivity index (χ1) is 12.1. The maximum Gasteiger partial charge on any atom is 0.273 e. The molecular formula is C15H20Cl4N6O2. The third kappa shape index (κ3) is 6.65. The number of aromatic nitrogens is 4. The molecule has 0 unspecified atom stereocenters. The van der Waals surface area contributed by atoms with Gasteiger partial charge < -0.3 is 15.4 Å². The highest BCUT2D eigenvalue weighted by Gasteiger charge is 2.18. The van der Waals surface area contributed by atoms with Crippen LogP contribution in [0.2, 0.25) is 10.0 Å². The van der Waals surface area contributed by atoms with Crippen LogP contribution in [0.1, 0.15) is 29.4 Å². The second-order valence-electron chi connectivity index (χ2n) is 5.61. The first-order valence-corrected chi connectivity index (χ1v) is 8.73. The molecule has 2 aromatic heterocycles. The van der Waals surface area contributed by atoms with Crippen LogP contribution in [0.25, 0.3) is 0 Å². The highest BCUT2D eigenvalue weighted by atomic mass is 35.5. The monoisotopic (exact) mass is 456 g/mol. The minimum absolute atomic E-state index is 0. The number of carbonyl (C=O) groups excluding carboxylic acids is 1. The van der Waals surface area contributed by atoms with Gasteiger partial charge in [0.05, 0.1) is 23.8 Å². The average molecular weight is 458 g/mol. The predicted octanol–water partition coefficient (Wildman–Crippen LogP) is 2.56. The summed E-state index contributed by atoms with van der Waals surface area (Å²) in [6.07, 6.45) is 5.09. The van der Waals surface area contributed by atoms with E-state index in [0.717, 1.165) is 25.9 Å². The van der Waals surface area contributed by atoms with Crippen molar-refractivity contribution >= 4 is 53.9 Å². The molecule has 150 valence electrons. The Morgan fingerprint density at radius 2 is 2.07 bits per heavy atom. The van der Waals surface area contributed by atoms with Crippen LogP contribution >= 0.6 is 48.0 Å². The number of carbonyl (C=O) groups is 1. The number of pyridine rings is 1. The van der Waals surface area contributed by atoms with Gasteiger partial charge in [0, 0.05) is 6.20 Å². The summed E-state index contributed by atoms with van der Waals surface area (Å²) < 4.78 is 7.18. The lowest BCUT2D eigenvalue weighted by Crippen LogP contribution is -2.30. The normalized spacial score (nSPS) is 14.0. The molecule has 3 heterocycles. The minimum Gasteiger partial charge on any atom is -0.475 e. The predicted molar refractivity (Wildman–Crippen MR) is 108 cm³/mol. The molecule has 0 aromatic carbocycles. The van der Waals surface area contributed by atoms with Crippen molar-refractivity contribution in [2.24, 2.45) is 0 Å². The van der Waals surface area contributed by atoms with Crippen molar-refractivity contribution in [2.75, 3.05) is 26.2 Å². The number of hydrogen-bond acceptors (Lipinski definition) is 6. The highest BCUT2D eigenvalue weighted by Crippen LogP contribution is 2.24. The molecule has 12 heteroatoms. The quantitative estimate of drug-likeness (QED) is 0.647. The zero-order chi connectivity index (χ0) is 17.6. The summed E-state index contributed by atoms with van der Waals surface area (Å²) in [6, 6.07) is 1.83. The van der Waals surface area contributed by atoms with Crippen LogP contribution in [0.3, 0.4) is 0 Å². The first kappa shape index (κ1) is 23.7. The van der Waals surface area contributed by atoms with E-state index in [1.54, 1.807) is 16.9 Å². The summed E-state index contributed by atoms with van der Waals surface area (Å²) in [6.45, 7) is 2.41. The molecule has 0 spiro atoms. The van der Waals surface area contributed by atoms with Crippen molar-refractivity contribution in [1.82, 2.24) is 30.6 Å². The molecule has 8 nitrogen and oxygen atoms in total. The largest absolute Gasteiger partial charge is 0.475 e. The summed E-state index contributed by atoms with van der Waals surface area (Å²) in [5.41, 5.74) is 0.293. The Morgan fingerprint density at radius 1 is 1.33 bits per heavy atom. The van der Waals surface area contributed by atoms with Gasteiger partial charge in [-0.25, -0.2) is 9.67 Å². The topological polar surface area (TPSA) is 94.0 Å². The van der Waals surface area contributed by atoms with Gasteiger partial charge in [-0.1, -0.05) is 28.4 Å². The van der Waals surface area contributed by atoms with E-state index in [0.29, 0.717) is 22.3 Å². The zero-order valence-corrected chi connectivity index (χ0v) is 17.4. The molecule has 1 amide bonds. The average Bonchev–Trinajstić information content (AvgIpc) is 3.11. The number of nitrogens with zero attached hydrogens (tertiary/aromatic N) is 4. The molecule has 1 fully saturated rings. The first-order valence-electron chi connectivity index (χ1n) is 7.98. The summed E-state index contributed by atoms with van der Waals surface area (Å²) in [4.78, 5) is 16.1. The Hall–Kier alpha value is -1.32. The summed E-state index contributed by atoms with van der Waals surface area (Å²) >= 11 is 11.7. The molecule has 1 aliphatic rings. The molecule has 2 aromatic rings. The summed E-state index contributed by atoms with van der Waals surface area (Å²) in [5, 5.41) is 14.8. The number of ether oxygens (including phenoxy) is 1. The van der Waals surface area contributed by atoms with E-state index in [1.807, 2.05) is 0 Å². The lowest BCUT2D eigenvalue weighted by atomic mass is 10.1. The third-order valence-corrected chi connectivity index (χ3v) is 4.30. The Labute approximate surface area is 179 Å². The van der Waals surface area contributed by atoms with Crippen LogP contribution in [-0.4, -0.2) is 52.1 Å². The molecule has 0 saturated carbocycles. The van der Waals surface area contributed by atoms with E-state index in [4.69, 9.17) is 27.9 Å². The number of piperidine rings is 1. The molecule has 0 radical (unpaired) electrons. The van der Waals surface area contributed by atoms with Gasteiger partial charge in [0.25, 0.3) is 5.91 Å². The van der Waals surface area contributed by atoms with Crippen LogP contribution in [0.5, 0.6) is 5.88 Å². The van der Waals surface area contributed by atoms with E-state index >= 15 is 0 Å². The van der Waals surface area contributed by atoms with Crippen molar-refractivity contribution < 1.29 is 9.53 Å². The Morgan fingerprint density at radius 3 is 2.78 bits per heavy atom. The van der Waals surface area contributed by atoms with Crippen LogP contribution < -0.4 is 15.4 Å². The minimum atomic E-state index is -0.293. The van der Waals surface area contributed by atoms with Crippen molar-refractivity contribution in [3.05, 3.63) is 34.2 Å². The molecule has 0 aliphatic carbocycles. The fourth-order valence-corrected chi connectivity index (χ4v) is 2.98. The summed E-state index contributed by atoms with van der Waals surface area (Å²) in [5.74, 6) is -0.0175. The van der Waals surface area contributed by atoms with Crippen molar-refractivity contribution in [3.63, 3.8) is 0 Å². The van der Waals surface area contributed by atoms with Crippen molar-refractivity contribution in [3.8, 4) is 5.88 Å². The highest BCUT2D eigenvalue weighted by molar-refractivity contribution is 6.35. The number of halogens is 4. The SMILES string of the molecule is Cl.Cl.O=C(NCCOc1ncc(Cl)cc1Cl)c1cn(C2CCNCC2)nn1. The fourth-order valence-electron chi connectivity index (χ4n) is 2.54. The zero-order valence-electron chi connectivity index (χ0n) is 14.2. The molecule has 0 bridgehead atoms. The van der Waals surface area contributed by atoms with Gasteiger partial charge in [0.2, 0.25) is 5.88 Å². The number of nitrogens with one attached hydrogen (secondary N) is 2. The lowest BCUT2D eigenvalue weighted by Gasteiger charge is -2.22. The van der Waals surface area contributed by atoms with E-state index in [-0.39, 0.29) is 49.2 Å². The standard InChI is InChI=1S/C15H18Cl2N6O2.2ClH/c16-10-7-12(17)15(20-8-10)25-6-5-19-14(24)13-9-23(22-21-13)11-1-3-18-4-2-11;;/h7-9,11,18H,1-6H2,(H,19,24);2*1H. The molecule has 1 saturated heterocycles. The maximum atomic E-state index is 12.1. The van der Waals surface area contributed by atoms with E-state index in [9.17, 15) is 4.79 Å². The van der Waals surface area contributed by atoms with Crippen molar-refractivity contribution in [1.29, 1.82) is 0 Å². The molecule has 27 heavy (non-hydrogen) atoms. The van der Waals surface area contributed by atoms with Crippen LogP contribution in [0.15, 0.2) is 18.5 Å². The lowest BCUT2D eigenvalue weighted by molar-refractivity contribution is 0.0941. The number of hydrogen-bond donors (Lipinski definition) is 2. The fraction of sp³-hybridized carbons (Fsp3) is 0.467. The van der Waals surface area contributed by atoms with Gasteiger partial charge in [-0.15, -0.1) is 29.9 Å². The summed E-state index contributed by atoms with van der Waals surface area (Å²) in [7, 11) is 0. The van der Waals surface area contributed by atoms with Gasteiger partial charge in [0.15, 0.2) is 5.69 Å². The molecule has 0 atom stereocenters. The third-order valence-electron chi connectivity index (χ3n) is 3.83. The van der Waals surface area contributed by atoms with Gasteiger partial charge >= 0.3 is 0 Å².